The first-order chi connectivity index (χ1) is 13.2. The van der Waals surface area contributed by atoms with Crippen LogP contribution in [0.4, 0.5) is 0 Å². The van der Waals surface area contributed by atoms with Gasteiger partial charge in [-0.25, -0.2) is 13.1 Å². The monoisotopic (exact) mass is 403 g/mol. The second kappa shape index (κ2) is 7.76. The van der Waals surface area contributed by atoms with Crippen molar-refractivity contribution in [3.63, 3.8) is 0 Å². The average Bonchev–Trinajstić information content (AvgIpc) is 2.66. The lowest BCUT2D eigenvalue weighted by Crippen LogP contribution is -2.44. The number of benzene rings is 2. The van der Waals surface area contributed by atoms with Gasteiger partial charge in [-0.05, 0) is 56.0 Å². The Hall–Kier alpha value is -2.05. The molecule has 1 N–H and O–H groups in total. The summed E-state index contributed by atoms with van der Waals surface area (Å²) in [7, 11) is -2.14. The molecule has 3 rings (SSSR count). The van der Waals surface area contributed by atoms with Crippen molar-refractivity contribution in [2.75, 3.05) is 7.11 Å². The molecule has 152 valence electrons. The third-order valence-electron chi connectivity index (χ3n) is 5.72. The molecule has 2 aromatic carbocycles. The zero-order valence-electron chi connectivity index (χ0n) is 17.2. The maximum atomic E-state index is 13.3. The highest BCUT2D eigenvalue weighted by Gasteiger charge is 2.40. The molecular weight excluding hydrogens is 374 g/mol. The van der Waals surface area contributed by atoms with Crippen LogP contribution in [0.1, 0.15) is 55.8 Å². The second-order valence-corrected chi connectivity index (χ2v) is 9.15. The maximum absolute atomic E-state index is 13.3. The van der Waals surface area contributed by atoms with Gasteiger partial charge in [0.15, 0.2) is 0 Å². The summed E-state index contributed by atoms with van der Waals surface area (Å²) in [5.74, 6) is 1.41. The number of sulfonamides is 1. The Kier molecular flexibility index (Phi) is 5.73. The van der Waals surface area contributed by atoms with Gasteiger partial charge >= 0.3 is 0 Å². The minimum atomic E-state index is -3.72. The predicted octanol–water partition coefficient (Wildman–Crippen LogP) is 4.67. The summed E-state index contributed by atoms with van der Waals surface area (Å²) in [6.45, 7) is 7.76. The first-order valence-corrected chi connectivity index (χ1v) is 11.2. The van der Waals surface area contributed by atoms with E-state index >= 15 is 0 Å². The molecule has 2 aromatic rings. The van der Waals surface area contributed by atoms with Crippen molar-refractivity contribution in [1.29, 1.82) is 0 Å². The van der Waals surface area contributed by atoms with Crippen molar-refractivity contribution < 1.29 is 17.9 Å². The third-order valence-corrected chi connectivity index (χ3v) is 7.50. The van der Waals surface area contributed by atoms with Gasteiger partial charge in [0.05, 0.1) is 18.0 Å². The van der Waals surface area contributed by atoms with Gasteiger partial charge in [-0.15, -0.1) is 0 Å². The van der Waals surface area contributed by atoms with Crippen LogP contribution in [0.2, 0.25) is 0 Å². The highest BCUT2D eigenvalue weighted by molar-refractivity contribution is 7.89. The van der Waals surface area contributed by atoms with Gasteiger partial charge in [-0.1, -0.05) is 32.0 Å². The molecule has 1 heterocycles. The summed E-state index contributed by atoms with van der Waals surface area (Å²) in [4.78, 5) is 0.316. The van der Waals surface area contributed by atoms with Crippen molar-refractivity contribution in [3.8, 4) is 11.5 Å². The lowest BCUT2D eigenvalue weighted by molar-refractivity contribution is 0.0260. The molecule has 1 aliphatic rings. The largest absolute Gasteiger partial charge is 0.497 e. The quantitative estimate of drug-likeness (QED) is 0.761. The van der Waals surface area contributed by atoms with Crippen molar-refractivity contribution in [2.24, 2.45) is 0 Å². The van der Waals surface area contributed by atoms with E-state index in [0.717, 1.165) is 24.2 Å². The maximum Gasteiger partial charge on any atom is 0.241 e. The topological polar surface area (TPSA) is 64.6 Å². The highest BCUT2D eigenvalue weighted by Crippen LogP contribution is 2.43. The van der Waals surface area contributed by atoms with E-state index in [1.54, 1.807) is 33.1 Å². The van der Waals surface area contributed by atoms with Gasteiger partial charge in [-0.2, -0.15) is 0 Å². The Balaban J connectivity index is 2.02. The number of aryl methyl sites for hydroxylation is 2. The van der Waals surface area contributed by atoms with Gasteiger partial charge in [-0.3, -0.25) is 0 Å². The Morgan fingerprint density at radius 2 is 1.75 bits per heavy atom. The van der Waals surface area contributed by atoms with Gasteiger partial charge in [0, 0.05) is 12.0 Å². The Bertz CT molecular complexity index is 941. The fourth-order valence-electron chi connectivity index (χ4n) is 4.10. The molecule has 0 aromatic heterocycles. The molecule has 6 heteroatoms. The minimum Gasteiger partial charge on any atom is -0.497 e. The summed E-state index contributed by atoms with van der Waals surface area (Å²) in [5.41, 5.74) is 1.85. The molecule has 0 radical (unpaired) electrons. The van der Waals surface area contributed by atoms with E-state index in [9.17, 15) is 8.42 Å². The number of hydrogen-bond donors (Lipinski definition) is 1. The highest BCUT2D eigenvalue weighted by atomic mass is 32.2. The third kappa shape index (κ3) is 3.76. The SMILES string of the molecule is CCC1(CC)CC(NS(=O)(=O)c2c(C)cc(OC)cc2C)c2ccccc2O1. The van der Waals surface area contributed by atoms with Crippen LogP contribution >= 0.6 is 0 Å². The average molecular weight is 404 g/mol. The predicted molar refractivity (Wildman–Crippen MR) is 111 cm³/mol. The summed E-state index contributed by atoms with van der Waals surface area (Å²) < 4.78 is 41.2. The Morgan fingerprint density at radius 3 is 2.32 bits per heavy atom. The molecule has 1 unspecified atom stereocenters. The van der Waals surface area contributed by atoms with E-state index < -0.39 is 10.0 Å². The fraction of sp³-hybridized carbons (Fsp3) is 0.455. The van der Waals surface area contributed by atoms with E-state index in [1.165, 1.54) is 0 Å². The molecule has 1 aliphatic heterocycles. The van der Waals surface area contributed by atoms with Gasteiger partial charge in [0.25, 0.3) is 0 Å². The van der Waals surface area contributed by atoms with Crippen molar-refractivity contribution in [1.82, 2.24) is 4.72 Å². The summed E-state index contributed by atoms with van der Waals surface area (Å²) in [6.07, 6.45) is 2.23. The number of rotatable bonds is 6. The summed E-state index contributed by atoms with van der Waals surface area (Å²) >= 11 is 0. The number of hydrogen-bond acceptors (Lipinski definition) is 4. The number of fused-ring (bicyclic) bond motifs is 1. The zero-order valence-corrected chi connectivity index (χ0v) is 18.0. The van der Waals surface area contributed by atoms with E-state index in [-0.39, 0.29) is 11.6 Å². The number of para-hydroxylation sites is 1. The molecule has 0 spiro atoms. The first-order valence-electron chi connectivity index (χ1n) is 9.70. The molecule has 0 amide bonds. The molecule has 0 fully saturated rings. The zero-order chi connectivity index (χ0) is 20.5. The van der Waals surface area contributed by atoms with Crippen LogP contribution in [0.3, 0.4) is 0 Å². The van der Waals surface area contributed by atoms with E-state index in [1.807, 2.05) is 24.3 Å². The fourth-order valence-corrected chi connectivity index (χ4v) is 5.77. The van der Waals surface area contributed by atoms with Crippen molar-refractivity contribution >= 4 is 10.0 Å². The number of ether oxygens (including phenoxy) is 2. The van der Waals surface area contributed by atoms with Crippen molar-refractivity contribution in [3.05, 3.63) is 53.1 Å². The molecule has 5 nitrogen and oxygen atoms in total. The lowest BCUT2D eigenvalue weighted by atomic mass is 9.84. The van der Waals surface area contributed by atoms with Crippen LogP contribution in [0.15, 0.2) is 41.3 Å². The molecule has 28 heavy (non-hydrogen) atoms. The summed E-state index contributed by atoms with van der Waals surface area (Å²) in [5, 5.41) is 0. The molecule has 0 saturated carbocycles. The molecule has 0 saturated heterocycles. The standard InChI is InChI=1S/C22H29NO4S/c1-6-22(7-2)14-19(18-10-8-9-11-20(18)27-22)23-28(24,25)21-15(3)12-17(26-5)13-16(21)4/h8-13,19,23H,6-7,14H2,1-5H3. The van der Waals surface area contributed by atoms with E-state index in [2.05, 4.69) is 18.6 Å². The number of nitrogens with one attached hydrogen (secondary N) is 1. The van der Waals surface area contributed by atoms with Crippen LogP contribution in [0.5, 0.6) is 11.5 Å². The Labute approximate surface area is 168 Å². The minimum absolute atomic E-state index is 0.316. The van der Waals surface area contributed by atoms with Crippen LogP contribution in [0, 0.1) is 13.8 Å². The van der Waals surface area contributed by atoms with Crippen LogP contribution in [-0.4, -0.2) is 21.1 Å². The van der Waals surface area contributed by atoms with E-state index in [4.69, 9.17) is 9.47 Å². The molecule has 1 atom stereocenters. The molecular formula is C22H29NO4S. The van der Waals surface area contributed by atoms with Gasteiger partial charge < -0.3 is 9.47 Å². The van der Waals surface area contributed by atoms with Crippen LogP contribution in [-0.2, 0) is 10.0 Å². The Morgan fingerprint density at radius 1 is 1.14 bits per heavy atom. The first kappa shape index (κ1) is 20.7. The molecule has 0 aliphatic carbocycles. The smallest absolute Gasteiger partial charge is 0.241 e. The van der Waals surface area contributed by atoms with Crippen LogP contribution in [0.25, 0.3) is 0 Å². The second-order valence-electron chi connectivity index (χ2n) is 7.50. The van der Waals surface area contributed by atoms with Crippen LogP contribution < -0.4 is 14.2 Å². The normalized spacial score (nSPS) is 18.2. The molecule has 0 bridgehead atoms. The van der Waals surface area contributed by atoms with Gasteiger partial charge in [0.2, 0.25) is 10.0 Å². The van der Waals surface area contributed by atoms with Crippen molar-refractivity contribution in [2.45, 2.75) is 63.5 Å². The summed E-state index contributed by atoms with van der Waals surface area (Å²) in [6, 6.07) is 10.9. The lowest BCUT2D eigenvalue weighted by Gasteiger charge is -2.41. The van der Waals surface area contributed by atoms with E-state index in [0.29, 0.717) is 28.2 Å². The van der Waals surface area contributed by atoms with Gasteiger partial charge in [0.1, 0.15) is 17.1 Å². The number of methoxy groups -OCH3 is 1.